The highest BCUT2D eigenvalue weighted by Gasteiger charge is 2.42. The summed E-state index contributed by atoms with van der Waals surface area (Å²) in [5.41, 5.74) is -0.812. The Morgan fingerprint density at radius 1 is 1.57 bits per heavy atom. The van der Waals surface area contributed by atoms with Gasteiger partial charge in [0.15, 0.2) is 0 Å². The van der Waals surface area contributed by atoms with Crippen LogP contribution in [0, 0.1) is 17.8 Å². The fourth-order valence-electron chi connectivity index (χ4n) is 2.05. The van der Waals surface area contributed by atoms with Crippen LogP contribution in [0.3, 0.4) is 0 Å². The maximum atomic E-state index is 10.3. The van der Waals surface area contributed by atoms with Gasteiger partial charge in [-0.05, 0) is 13.0 Å². The van der Waals surface area contributed by atoms with E-state index in [0.29, 0.717) is 6.04 Å². The van der Waals surface area contributed by atoms with Gasteiger partial charge >= 0.3 is 0 Å². The minimum absolute atomic E-state index is 0.228. The maximum absolute atomic E-state index is 10.3. The van der Waals surface area contributed by atoms with Gasteiger partial charge in [0, 0.05) is 12.3 Å². The molecule has 1 aliphatic heterocycles. The van der Waals surface area contributed by atoms with Crippen LogP contribution in [-0.4, -0.2) is 30.3 Å². The first kappa shape index (κ1) is 11.3. The van der Waals surface area contributed by atoms with Crippen LogP contribution < -0.4 is 4.90 Å². The number of nitrogens with one attached hydrogen (secondary N) is 1. The van der Waals surface area contributed by atoms with Crippen molar-refractivity contribution in [2.24, 2.45) is 5.92 Å². The van der Waals surface area contributed by atoms with E-state index in [1.165, 1.54) is 4.90 Å². The molecule has 1 rings (SSSR count). The van der Waals surface area contributed by atoms with E-state index >= 15 is 0 Å². The molecule has 0 aromatic heterocycles. The lowest BCUT2D eigenvalue weighted by Crippen LogP contribution is -3.15. The molecule has 0 saturated carbocycles. The summed E-state index contributed by atoms with van der Waals surface area (Å²) in [5, 5.41) is 10.3. The molecule has 0 aromatic carbocycles. The first-order valence-electron chi connectivity index (χ1n) is 5.18. The Kier molecular flexibility index (Phi) is 3.36. The van der Waals surface area contributed by atoms with E-state index in [-0.39, 0.29) is 5.92 Å². The zero-order valence-corrected chi connectivity index (χ0v) is 9.30. The second-order valence-electron chi connectivity index (χ2n) is 4.45. The fraction of sp³-hybridized carbons (Fsp3) is 0.667. The van der Waals surface area contributed by atoms with Crippen LogP contribution in [0.1, 0.15) is 20.3 Å². The molecule has 0 spiro atoms. The van der Waals surface area contributed by atoms with E-state index in [1.807, 2.05) is 0 Å². The first-order valence-corrected chi connectivity index (χ1v) is 5.18. The zero-order chi connectivity index (χ0) is 10.8. The first-order chi connectivity index (χ1) is 6.49. The second-order valence-corrected chi connectivity index (χ2v) is 4.45. The molecule has 0 bridgehead atoms. The minimum atomic E-state index is -0.812. The van der Waals surface area contributed by atoms with E-state index in [1.54, 1.807) is 6.08 Å². The summed E-state index contributed by atoms with van der Waals surface area (Å²) in [5.74, 6) is 5.93. The summed E-state index contributed by atoms with van der Waals surface area (Å²) in [6, 6.07) is 0.468. The molecule has 2 heteroatoms. The Labute approximate surface area is 86.6 Å². The Bertz CT molecular complexity index is 276. The maximum Gasteiger partial charge on any atom is 0.139 e. The van der Waals surface area contributed by atoms with Gasteiger partial charge in [-0.1, -0.05) is 25.3 Å². The normalized spacial score (nSPS) is 42.4. The zero-order valence-electron chi connectivity index (χ0n) is 9.30. The molecule has 14 heavy (non-hydrogen) atoms. The van der Waals surface area contributed by atoms with Crippen LogP contribution in [0.15, 0.2) is 12.7 Å². The van der Waals surface area contributed by atoms with Gasteiger partial charge in [-0.2, -0.15) is 0 Å². The van der Waals surface area contributed by atoms with Crippen molar-refractivity contribution in [3.05, 3.63) is 12.7 Å². The van der Waals surface area contributed by atoms with Crippen LogP contribution in [-0.2, 0) is 0 Å². The SMILES string of the molecule is C=CC#C[C@]1(O)C[C@H](C)[NH+](C)C[C@H]1C. The van der Waals surface area contributed by atoms with E-state index in [0.717, 1.165) is 13.0 Å². The smallest absolute Gasteiger partial charge is 0.139 e. The summed E-state index contributed by atoms with van der Waals surface area (Å²) in [6.07, 6.45) is 2.29. The Balaban J connectivity index is 2.82. The number of likely N-dealkylation sites (tertiary alicyclic amines) is 1. The largest absolute Gasteiger partial charge is 0.377 e. The van der Waals surface area contributed by atoms with Crippen molar-refractivity contribution in [1.82, 2.24) is 0 Å². The van der Waals surface area contributed by atoms with E-state index in [9.17, 15) is 5.11 Å². The second kappa shape index (κ2) is 4.16. The van der Waals surface area contributed by atoms with Gasteiger partial charge < -0.3 is 10.0 Å². The molecular weight excluding hydrogens is 174 g/mol. The van der Waals surface area contributed by atoms with Gasteiger partial charge in [0.1, 0.15) is 5.60 Å². The van der Waals surface area contributed by atoms with Gasteiger partial charge in [-0.25, -0.2) is 0 Å². The molecule has 1 heterocycles. The van der Waals surface area contributed by atoms with Gasteiger partial charge in [-0.3, -0.25) is 0 Å². The van der Waals surface area contributed by atoms with Gasteiger partial charge in [0.05, 0.1) is 19.6 Å². The Morgan fingerprint density at radius 2 is 2.21 bits per heavy atom. The molecule has 4 atom stereocenters. The summed E-state index contributed by atoms with van der Waals surface area (Å²) in [4.78, 5) is 1.47. The average molecular weight is 194 g/mol. The van der Waals surface area contributed by atoms with Crippen LogP contribution in [0.4, 0.5) is 0 Å². The number of hydrogen-bond acceptors (Lipinski definition) is 1. The van der Waals surface area contributed by atoms with Crippen molar-refractivity contribution in [2.75, 3.05) is 13.6 Å². The quantitative estimate of drug-likeness (QED) is 0.515. The van der Waals surface area contributed by atoms with Crippen molar-refractivity contribution in [2.45, 2.75) is 31.9 Å². The van der Waals surface area contributed by atoms with Crippen LogP contribution in [0.5, 0.6) is 0 Å². The number of rotatable bonds is 0. The van der Waals surface area contributed by atoms with Crippen molar-refractivity contribution < 1.29 is 10.0 Å². The minimum Gasteiger partial charge on any atom is -0.377 e. The molecule has 0 radical (unpaired) electrons. The lowest BCUT2D eigenvalue weighted by Gasteiger charge is -2.40. The standard InChI is InChI=1S/C12H19NO/c1-5-6-7-12(14)8-11(3)13(4)9-10(12)2/h5,10-11,14H,1,8-9H2,2-4H3/p+1/t10-,11+,12+/m1/s1. The molecule has 1 saturated heterocycles. The molecule has 1 unspecified atom stereocenters. The highest BCUT2D eigenvalue weighted by Crippen LogP contribution is 2.23. The number of hydrogen-bond donors (Lipinski definition) is 2. The predicted octanol–water partition coefficient (Wildman–Crippen LogP) is -0.150. The average Bonchev–Trinajstić information content (AvgIpc) is 2.12. The third kappa shape index (κ3) is 2.17. The molecule has 1 aliphatic rings. The number of piperidine rings is 1. The van der Waals surface area contributed by atoms with Crippen molar-refractivity contribution in [1.29, 1.82) is 0 Å². The van der Waals surface area contributed by atoms with Crippen molar-refractivity contribution >= 4 is 0 Å². The van der Waals surface area contributed by atoms with Crippen LogP contribution >= 0.6 is 0 Å². The third-order valence-corrected chi connectivity index (χ3v) is 3.29. The number of quaternary nitrogens is 1. The highest BCUT2D eigenvalue weighted by atomic mass is 16.3. The highest BCUT2D eigenvalue weighted by molar-refractivity contribution is 5.22. The number of allylic oxidation sites excluding steroid dienone is 1. The lowest BCUT2D eigenvalue weighted by molar-refractivity contribution is -0.915. The lowest BCUT2D eigenvalue weighted by atomic mass is 9.79. The monoisotopic (exact) mass is 194 g/mol. The number of aliphatic hydroxyl groups is 1. The summed E-state index contributed by atoms with van der Waals surface area (Å²) < 4.78 is 0. The summed E-state index contributed by atoms with van der Waals surface area (Å²) in [6.45, 7) is 8.74. The van der Waals surface area contributed by atoms with Crippen molar-refractivity contribution in [3.63, 3.8) is 0 Å². The van der Waals surface area contributed by atoms with Gasteiger partial charge in [0.25, 0.3) is 0 Å². The van der Waals surface area contributed by atoms with E-state index in [4.69, 9.17) is 0 Å². The Hall–Kier alpha value is -0.780. The predicted molar refractivity (Wildman–Crippen MR) is 57.9 cm³/mol. The van der Waals surface area contributed by atoms with Crippen molar-refractivity contribution in [3.8, 4) is 11.8 Å². The fourth-order valence-corrected chi connectivity index (χ4v) is 2.05. The van der Waals surface area contributed by atoms with Crippen LogP contribution in [0.2, 0.25) is 0 Å². The molecule has 0 amide bonds. The molecule has 1 fully saturated rings. The molecular formula is C12H20NO+. The third-order valence-electron chi connectivity index (χ3n) is 3.29. The molecule has 2 N–H and O–H groups in total. The molecule has 0 aromatic rings. The molecule has 0 aliphatic carbocycles. The molecule has 2 nitrogen and oxygen atoms in total. The van der Waals surface area contributed by atoms with Gasteiger partial charge in [0.2, 0.25) is 0 Å². The van der Waals surface area contributed by atoms with E-state index < -0.39 is 5.60 Å². The topological polar surface area (TPSA) is 24.7 Å². The summed E-state index contributed by atoms with van der Waals surface area (Å²) >= 11 is 0. The molecule has 78 valence electrons. The summed E-state index contributed by atoms with van der Waals surface area (Å²) in [7, 11) is 2.17. The van der Waals surface area contributed by atoms with Crippen LogP contribution in [0.25, 0.3) is 0 Å². The van der Waals surface area contributed by atoms with E-state index in [2.05, 4.69) is 39.3 Å². The Morgan fingerprint density at radius 3 is 2.79 bits per heavy atom. The van der Waals surface area contributed by atoms with Gasteiger partial charge in [-0.15, -0.1) is 0 Å².